The number of hydrogen-bond donors (Lipinski definition) is 2. The van der Waals surface area contributed by atoms with Gasteiger partial charge in [-0.3, -0.25) is 24.5 Å². The highest BCUT2D eigenvalue weighted by Gasteiger charge is 2.41. The predicted molar refractivity (Wildman–Crippen MR) is 110 cm³/mol. The van der Waals surface area contributed by atoms with Gasteiger partial charge in [0.1, 0.15) is 6.04 Å². The predicted octanol–water partition coefficient (Wildman–Crippen LogP) is 2.51. The number of imide groups is 1. The van der Waals surface area contributed by atoms with Gasteiger partial charge in [0.2, 0.25) is 11.8 Å². The van der Waals surface area contributed by atoms with Gasteiger partial charge in [0.15, 0.2) is 1.41 Å². The quantitative estimate of drug-likeness (QED) is 0.662. The highest BCUT2D eigenvalue weighted by Crippen LogP contribution is 2.30. The first-order valence-electron chi connectivity index (χ1n) is 11.9. The molecule has 2 aromatic rings. The molecule has 2 heterocycles. The lowest BCUT2D eigenvalue weighted by Crippen LogP contribution is -2.52. The summed E-state index contributed by atoms with van der Waals surface area (Å²) in [7, 11) is 0. The van der Waals surface area contributed by atoms with Crippen LogP contribution in [0.15, 0.2) is 42.4 Å². The minimum atomic E-state index is -4.46. The van der Waals surface area contributed by atoms with Crippen molar-refractivity contribution in [3.8, 4) is 0 Å². The zero-order valence-corrected chi connectivity index (χ0v) is 17.0. The molecule has 0 bridgehead atoms. The molecule has 2 N–H and O–H groups in total. The van der Waals surface area contributed by atoms with Gasteiger partial charge >= 0.3 is 5.92 Å². The zero-order valence-electron chi connectivity index (χ0n) is 21.2. The molecular formula is C22H18ClF2N3O4. The number of hydrogen-bond acceptors (Lipinski definition) is 4. The van der Waals surface area contributed by atoms with Crippen LogP contribution < -0.4 is 10.6 Å². The summed E-state index contributed by atoms with van der Waals surface area (Å²) in [5.74, 6) is -8.36. The Bertz CT molecular complexity index is 1340. The normalized spacial score (nSPS) is 21.1. The van der Waals surface area contributed by atoms with E-state index < -0.39 is 70.1 Å². The summed E-state index contributed by atoms with van der Waals surface area (Å²) in [6.45, 7) is -3.21. The Morgan fingerprint density at radius 2 is 2.03 bits per heavy atom. The number of nitrogens with one attached hydrogen (secondary N) is 2. The fourth-order valence-electron chi connectivity index (χ4n) is 3.50. The van der Waals surface area contributed by atoms with Crippen LogP contribution in [0.2, 0.25) is 6.43 Å². The van der Waals surface area contributed by atoms with Crippen LogP contribution in [0.3, 0.4) is 0 Å². The summed E-state index contributed by atoms with van der Waals surface area (Å²) in [5, 5.41) is 1.20. The summed E-state index contributed by atoms with van der Waals surface area (Å²) in [4.78, 5) is 50.2. The second-order valence-corrected chi connectivity index (χ2v) is 7.60. The van der Waals surface area contributed by atoms with Gasteiger partial charge in [-0.1, -0.05) is 35.9 Å². The molecule has 0 aliphatic carbocycles. The number of fused-ring (bicyclic) bond motifs is 1. The molecule has 2 aromatic carbocycles. The molecule has 4 rings (SSSR count). The van der Waals surface area contributed by atoms with Crippen LogP contribution in [0, 0.1) is 0 Å². The Morgan fingerprint density at radius 3 is 2.72 bits per heavy atom. The number of benzene rings is 2. The summed E-state index contributed by atoms with van der Waals surface area (Å²) < 4.78 is 69.4. The summed E-state index contributed by atoms with van der Waals surface area (Å²) in [6.07, 6.45) is 0.137. The maximum Gasteiger partial charge on any atom is 0.349 e. The number of carbonyl (C=O) groups excluding carboxylic acids is 4. The standard InChI is InChI=1S/C22H18ClF2N3O4/c23-15-4-2-14(3-5-15)22(24,25)21(32)26-10-12-1-6-16-13(9-12)11-28(20(16)31)17-7-8-18(29)27-19(17)30/h1-6,9,17H,7-8,10-11H2,(H,26,32)(H,27,29,30)/i4D,5D,10D2/hD. The highest BCUT2D eigenvalue weighted by atomic mass is 35.5. The average Bonchev–Trinajstić information content (AvgIpc) is 3.16. The van der Waals surface area contributed by atoms with Crippen LogP contribution in [0.25, 0.3) is 0 Å². The van der Waals surface area contributed by atoms with Crippen molar-refractivity contribution in [2.75, 3.05) is 0 Å². The zero-order chi connectivity index (χ0) is 27.4. The van der Waals surface area contributed by atoms with E-state index in [1.807, 2.05) is 0 Å². The summed E-state index contributed by atoms with van der Waals surface area (Å²) in [5.41, 5.74) is -1.09. The minimum absolute atomic E-state index is 0.0332. The van der Waals surface area contributed by atoms with Crippen LogP contribution in [-0.4, -0.2) is 34.6 Å². The first-order chi connectivity index (χ1) is 17.2. The molecule has 166 valence electrons. The lowest BCUT2D eigenvalue weighted by Gasteiger charge is -2.29. The van der Waals surface area contributed by atoms with E-state index in [2.05, 4.69) is 5.32 Å². The molecule has 1 saturated heterocycles. The maximum absolute atomic E-state index is 14.9. The Morgan fingerprint density at radius 1 is 1.31 bits per heavy atom. The molecule has 0 radical (unpaired) electrons. The number of amides is 4. The monoisotopic (exact) mass is 466 g/mol. The van der Waals surface area contributed by atoms with Crippen LogP contribution in [0.1, 0.15) is 45.4 Å². The van der Waals surface area contributed by atoms with Gasteiger partial charge in [0.25, 0.3) is 11.8 Å². The lowest BCUT2D eigenvalue weighted by atomic mass is 10.0. The van der Waals surface area contributed by atoms with Gasteiger partial charge < -0.3 is 10.2 Å². The first-order valence-corrected chi connectivity index (χ1v) is 9.80. The third-order valence-corrected chi connectivity index (χ3v) is 5.37. The third kappa shape index (κ3) is 4.08. The number of nitrogens with zero attached hydrogens (tertiary/aromatic N) is 1. The molecule has 0 saturated carbocycles. The van der Waals surface area contributed by atoms with Crippen LogP contribution in [-0.2, 0) is 33.3 Å². The summed E-state index contributed by atoms with van der Waals surface area (Å²) >= 11 is 5.65. The Balaban J connectivity index is 1.59. The molecule has 1 fully saturated rings. The topological polar surface area (TPSA) is 95.6 Å². The lowest BCUT2D eigenvalue weighted by molar-refractivity contribution is -0.147. The van der Waals surface area contributed by atoms with Crippen molar-refractivity contribution >= 4 is 35.2 Å². The van der Waals surface area contributed by atoms with Crippen LogP contribution in [0.5, 0.6) is 0 Å². The molecule has 7 nitrogen and oxygen atoms in total. The van der Waals surface area contributed by atoms with Crippen molar-refractivity contribution in [3.63, 3.8) is 0 Å². The molecule has 2 aliphatic rings. The smallest absolute Gasteiger partial charge is 0.346 e. The molecule has 32 heavy (non-hydrogen) atoms. The number of carbonyl (C=O) groups is 4. The van der Waals surface area contributed by atoms with Gasteiger partial charge in [0.05, 0.1) is 5.48 Å². The van der Waals surface area contributed by atoms with Gasteiger partial charge in [-0.05, 0) is 35.7 Å². The van der Waals surface area contributed by atoms with E-state index in [1.165, 1.54) is 11.0 Å². The van der Waals surface area contributed by atoms with E-state index in [-0.39, 0.29) is 36.1 Å². The van der Waals surface area contributed by atoms with Gasteiger partial charge in [-0.2, -0.15) is 8.78 Å². The van der Waals surface area contributed by atoms with E-state index in [9.17, 15) is 28.0 Å². The second kappa shape index (κ2) is 8.31. The van der Waals surface area contributed by atoms with E-state index in [1.54, 1.807) is 0 Å². The molecule has 4 amide bonds. The van der Waals surface area contributed by atoms with Crippen LogP contribution in [0.4, 0.5) is 8.78 Å². The van der Waals surface area contributed by atoms with Gasteiger partial charge in [-0.15, -0.1) is 0 Å². The number of piperidine rings is 1. The molecule has 1 atom stereocenters. The fraction of sp³-hybridized carbons (Fsp3) is 0.273. The van der Waals surface area contributed by atoms with Crippen molar-refractivity contribution in [1.29, 1.82) is 0 Å². The molecular weight excluding hydrogens is 444 g/mol. The number of halogens is 3. The molecule has 0 spiro atoms. The van der Waals surface area contributed by atoms with Gasteiger partial charge in [-0.25, -0.2) is 0 Å². The van der Waals surface area contributed by atoms with Crippen molar-refractivity contribution in [3.05, 3.63) is 69.7 Å². The molecule has 0 aromatic heterocycles. The van der Waals surface area contributed by atoms with Crippen molar-refractivity contribution < 1.29 is 34.9 Å². The Labute approximate surface area is 193 Å². The van der Waals surface area contributed by atoms with Crippen molar-refractivity contribution in [2.24, 2.45) is 0 Å². The Hall–Kier alpha value is -3.33. The van der Waals surface area contributed by atoms with E-state index in [0.717, 1.165) is 12.1 Å². The largest absolute Gasteiger partial charge is 0.349 e. The third-order valence-electron chi connectivity index (χ3n) is 5.15. The Kier molecular flexibility index (Phi) is 4.24. The van der Waals surface area contributed by atoms with E-state index in [4.69, 9.17) is 18.5 Å². The SMILES string of the molecule is [2H]c1cc(C(F)(F)C(=O)N([2H])C([2H])([2H])c2ccc3c(c2)CN(C2CCC(=O)NC2=O)C3=O)cc([2H])c1Cl. The maximum atomic E-state index is 14.9. The van der Waals surface area contributed by atoms with Gasteiger partial charge in [0, 0.05) is 35.6 Å². The van der Waals surface area contributed by atoms with Crippen LogP contribution >= 0.6 is 11.6 Å². The fourth-order valence-corrected chi connectivity index (χ4v) is 3.61. The highest BCUT2D eigenvalue weighted by molar-refractivity contribution is 6.30. The first kappa shape index (κ1) is 16.3. The van der Waals surface area contributed by atoms with Crippen molar-refractivity contribution in [1.82, 2.24) is 15.5 Å². The number of alkyl halides is 2. The minimum Gasteiger partial charge on any atom is -0.346 e. The number of rotatable bonds is 5. The summed E-state index contributed by atoms with van der Waals surface area (Å²) in [6, 6.07) is 2.36. The molecule has 1 unspecified atom stereocenters. The van der Waals surface area contributed by atoms with Crippen molar-refractivity contribution in [2.45, 2.75) is 37.8 Å². The van der Waals surface area contributed by atoms with E-state index in [0.29, 0.717) is 12.1 Å². The average molecular weight is 467 g/mol. The molecule has 2 aliphatic heterocycles. The van der Waals surface area contributed by atoms with E-state index >= 15 is 0 Å². The molecule has 10 heteroatoms. The second-order valence-electron chi connectivity index (χ2n) is 7.22.